The molecular weight excluding hydrogens is 997 g/mol. The summed E-state index contributed by atoms with van der Waals surface area (Å²) in [6.45, 7) is 6.20. The van der Waals surface area contributed by atoms with Gasteiger partial charge in [0.25, 0.3) is 0 Å². The third kappa shape index (κ3) is 65.2. The second-order valence-electron chi connectivity index (χ2n) is 20.5. The van der Waals surface area contributed by atoms with E-state index in [4.69, 9.17) is 14.2 Å². The minimum atomic E-state index is -0.831. The minimum Gasteiger partial charge on any atom is -0.462 e. The van der Waals surface area contributed by atoms with E-state index in [0.29, 0.717) is 12.8 Å². The largest absolute Gasteiger partial charge is 0.462 e. The molecule has 81 heavy (non-hydrogen) atoms. The predicted octanol–water partition coefficient (Wildman–Crippen LogP) is 22.4. The summed E-state index contributed by atoms with van der Waals surface area (Å²) in [5.41, 5.74) is 0. The van der Waals surface area contributed by atoms with E-state index in [1.165, 1.54) is 44.9 Å². The molecule has 0 amide bonds. The van der Waals surface area contributed by atoms with E-state index in [-0.39, 0.29) is 44.0 Å². The number of rotatable bonds is 56. The molecule has 0 bridgehead atoms. The van der Waals surface area contributed by atoms with Crippen LogP contribution in [0.3, 0.4) is 0 Å². The lowest BCUT2D eigenvalue weighted by atomic mass is 10.1. The molecule has 6 nitrogen and oxygen atoms in total. The standard InChI is InChI=1S/C75H116O6/c1-4-7-10-13-16-19-22-25-27-29-31-33-34-35-36-37-38-39-40-42-43-45-47-50-53-56-59-62-65-68-74(77)80-71-72(70-79-73(76)67-64-61-58-55-52-49-24-21-18-15-12-9-6-3)81-75(78)69-66-63-60-57-54-51-48-46-44-41-32-30-28-26-23-20-17-14-11-8-5-2/h7-12,16-21,25-28,31-33,35-36,38-39,41,46,48-49,52,58,61,72H,4-6,13-15,22-24,29-30,34,37,40,42-45,47,50-51,53-57,59-60,62-71H2,1-3H3/b10-7-,11-8-,12-9-,19-16-,20-17-,21-18-,27-25-,28-26-,33-31-,36-35-,39-38-,41-32-,48-46-,52-49-,61-58-. The van der Waals surface area contributed by atoms with Gasteiger partial charge in [0.1, 0.15) is 13.2 Å². The number of unbranched alkanes of at least 4 members (excludes halogenated alkanes) is 15. The van der Waals surface area contributed by atoms with E-state index >= 15 is 0 Å². The Balaban J connectivity index is 4.42. The summed E-state index contributed by atoms with van der Waals surface area (Å²) in [5, 5.41) is 0. The minimum absolute atomic E-state index is 0.119. The highest BCUT2D eigenvalue weighted by Gasteiger charge is 2.19. The van der Waals surface area contributed by atoms with Gasteiger partial charge in [-0.1, -0.05) is 274 Å². The van der Waals surface area contributed by atoms with Crippen molar-refractivity contribution in [2.24, 2.45) is 0 Å². The average Bonchev–Trinajstić information content (AvgIpc) is 3.46. The molecule has 0 rings (SSSR count). The Morgan fingerprint density at radius 1 is 0.247 bits per heavy atom. The summed E-state index contributed by atoms with van der Waals surface area (Å²) in [7, 11) is 0. The van der Waals surface area contributed by atoms with E-state index in [1.54, 1.807) is 0 Å². The second kappa shape index (κ2) is 67.0. The van der Waals surface area contributed by atoms with Crippen molar-refractivity contribution in [1.29, 1.82) is 0 Å². The summed E-state index contributed by atoms with van der Waals surface area (Å²) in [5.74, 6) is -1.03. The van der Waals surface area contributed by atoms with Crippen LogP contribution in [0.2, 0.25) is 0 Å². The zero-order valence-electron chi connectivity index (χ0n) is 51.7. The molecule has 0 aromatic carbocycles. The maximum atomic E-state index is 12.9. The van der Waals surface area contributed by atoms with Gasteiger partial charge in [-0.25, -0.2) is 0 Å². The van der Waals surface area contributed by atoms with Crippen molar-refractivity contribution < 1.29 is 28.6 Å². The number of hydrogen-bond donors (Lipinski definition) is 0. The molecule has 0 N–H and O–H groups in total. The van der Waals surface area contributed by atoms with Crippen molar-refractivity contribution in [3.05, 3.63) is 182 Å². The molecular formula is C75H116O6. The normalized spacial score (nSPS) is 13.4. The van der Waals surface area contributed by atoms with Gasteiger partial charge in [-0.05, 0) is 141 Å². The molecule has 1 unspecified atom stereocenters. The number of carbonyl (C=O) groups is 3. The molecule has 0 aliphatic rings. The van der Waals surface area contributed by atoms with E-state index in [1.807, 2.05) is 12.2 Å². The highest BCUT2D eigenvalue weighted by atomic mass is 16.6. The lowest BCUT2D eigenvalue weighted by Gasteiger charge is -2.18. The molecule has 6 heteroatoms. The molecule has 0 spiro atoms. The fraction of sp³-hybridized carbons (Fsp3) is 0.560. The smallest absolute Gasteiger partial charge is 0.306 e. The van der Waals surface area contributed by atoms with Crippen molar-refractivity contribution in [2.75, 3.05) is 13.2 Å². The van der Waals surface area contributed by atoms with Crippen LogP contribution in [-0.2, 0) is 28.6 Å². The van der Waals surface area contributed by atoms with Crippen LogP contribution in [0.15, 0.2) is 182 Å². The molecule has 0 aliphatic carbocycles. The third-order valence-corrected chi connectivity index (χ3v) is 12.9. The quantitative estimate of drug-likeness (QED) is 0.0261. The Morgan fingerprint density at radius 2 is 0.469 bits per heavy atom. The topological polar surface area (TPSA) is 78.9 Å². The predicted molar refractivity (Wildman–Crippen MR) is 352 cm³/mol. The first kappa shape index (κ1) is 75.5. The number of ether oxygens (including phenoxy) is 3. The molecule has 0 heterocycles. The molecule has 0 aromatic heterocycles. The second-order valence-corrected chi connectivity index (χ2v) is 20.5. The Labute approximate surface area is 497 Å². The molecule has 0 saturated carbocycles. The van der Waals surface area contributed by atoms with Crippen LogP contribution < -0.4 is 0 Å². The average molecular weight is 1110 g/mol. The van der Waals surface area contributed by atoms with Crippen molar-refractivity contribution in [3.63, 3.8) is 0 Å². The lowest BCUT2D eigenvalue weighted by molar-refractivity contribution is -0.166. The van der Waals surface area contributed by atoms with Crippen LogP contribution in [0.25, 0.3) is 0 Å². The van der Waals surface area contributed by atoms with Gasteiger partial charge >= 0.3 is 17.9 Å². The van der Waals surface area contributed by atoms with Crippen LogP contribution in [0.4, 0.5) is 0 Å². The van der Waals surface area contributed by atoms with E-state index in [9.17, 15) is 14.4 Å². The Kier molecular flexibility index (Phi) is 62.5. The van der Waals surface area contributed by atoms with Gasteiger partial charge in [0, 0.05) is 19.3 Å². The highest BCUT2D eigenvalue weighted by Crippen LogP contribution is 2.14. The highest BCUT2D eigenvalue weighted by molar-refractivity contribution is 5.71. The number of hydrogen-bond acceptors (Lipinski definition) is 6. The molecule has 0 aromatic rings. The van der Waals surface area contributed by atoms with Crippen molar-refractivity contribution in [2.45, 2.75) is 258 Å². The number of esters is 3. The van der Waals surface area contributed by atoms with Gasteiger partial charge in [-0.2, -0.15) is 0 Å². The van der Waals surface area contributed by atoms with E-state index < -0.39 is 6.10 Å². The molecule has 0 aliphatic heterocycles. The Morgan fingerprint density at radius 3 is 0.765 bits per heavy atom. The Bertz CT molecular complexity index is 1900. The van der Waals surface area contributed by atoms with Crippen LogP contribution in [0, 0.1) is 0 Å². The van der Waals surface area contributed by atoms with E-state index in [2.05, 4.69) is 191 Å². The number of allylic oxidation sites excluding steroid dienone is 30. The summed E-state index contributed by atoms with van der Waals surface area (Å²) in [6, 6.07) is 0. The van der Waals surface area contributed by atoms with Crippen molar-refractivity contribution in [1.82, 2.24) is 0 Å². The summed E-state index contributed by atoms with van der Waals surface area (Å²) < 4.78 is 16.8. The van der Waals surface area contributed by atoms with Gasteiger partial charge in [-0.3, -0.25) is 14.4 Å². The van der Waals surface area contributed by atoms with Gasteiger partial charge in [-0.15, -0.1) is 0 Å². The first-order chi connectivity index (χ1) is 40.0. The molecule has 1 atom stereocenters. The van der Waals surface area contributed by atoms with Crippen LogP contribution in [0.5, 0.6) is 0 Å². The number of carbonyl (C=O) groups excluding carboxylic acids is 3. The third-order valence-electron chi connectivity index (χ3n) is 12.9. The summed E-state index contributed by atoms with van der Waals surface area (Å²) >= 11 is 0. The summed E-state index contributed by atoms with van der Waals surface area (Å²) in [4.78, 5) is 38.3. The fourth-order valence-corrected chi connectivity index (χ4v) is 8.19. The summed E-state index contributed by atoms with van der Waals surface area (Å²) in [6.07, 6.45) is 101. The Hall–Kier alpha value is -5.49. The molecule has 0 fully saturated rings. The van der Waals surface area contributed by atoms with Crippen LogP contribution in [-0.4, -0.2) is 37.2 Å². The fourth-order valence-electron chi connectivity index (χ4n) is 8.19. The van der Waals surface area contributed by atoms with Crippen molar-refractivity contribution in [3.8, 4) is 0 Å². The SMILES string of the molecule is CC/C=C\C/C=C\C/C=C\C/C=C\C/C=C\C/C=C\CCCCCCCCCCCCC(=O)OCC(COC(=O)CC/C=C\C/C=C\C/C=C\C/C=C\CC)OC(=O)CCCCCCC/C=C\C/C=C\C/C=C\C/C=C\C/C=C\CC. The molecule has 452 valence electrons. The lowest BCUT2D eigenvalue weighted by Crippen LogP contribution is -2.30. The molecule has 0 saturated heterocycles. The van der Waals surface area contributed by atoms with Gasteiger partial charge in [0.05, 0.1) is 0 Å². The van der Waals surface area contributed by atoms with Gasteiger partial charge in [0.2, 0.25) is 0 Å². The first-order valence-electron chi connectivity index (χ1n) is 32.3. The van der Waals surface area contributed by atoms with Crippen LogP contribution >= 0.6 is 0 Å². The van der Waals surface area contributed by atoms with E-state index in [0.717, 1.165) is 161 Å². The van der Waals surface area contributed by atoms with Gasteiger partial charge < -0.3 is 14.2 Å². The monoisotopic (exact) mass is 1110 g/mol. The molecule has 0 radical (unpaired) electrons. The first-order valence-corrected chi connectivity index (χ1v) is 32.3. The van der Waals surface area contributed by atoms with Crippen LogP contribution in [0.1, 0.15) is 252 Å². The maximum Gasteiger partial charge on any atom is 0.306 e. The van der Waals surface area contributed by atoms with Crippen molar-refractivity contribution >= 4 is 17.9 Å². The van der Waals surface area contributed by atoms with Gasteiger partial charge in [0.15, 0.2) is 6.10 Å². The maximum absolute atomic E-state index is 12.9. The zero-order valence-corrected chi connectivity index (χ0v) is 51.7. The zero-order chi connectivity index (χ0) is 58.5.